The summed E-state index contributed by atoms with van der Waals surface area (Å²) in [6.07, 6.45) is 4.84. The van der Waals surface area contributed by atoms with Crippen LogP contribution in [0.3, 0.4) is 0 Å². The van der Waals surface area contributed by atoms with Crippen molar-refractivity contribution in [3.63, 3.8) is 0 Å². The van der Waals surface area contributed by atoms with E-state index in [0.29, 0.717) is 5.69 Å². The second-order valence-electron chi connectivity index (χ2n) is 3.37. The van der Waals surface area contributed by atoms with Gasteiger partial charge in [0.2, 0.25) is 5.78 Å². The van der Waals surface area contributed by atoms with Crippen molar-refractivity contribution in [3.8, 4) is 0 Å². The smallest absolute Gasteiger partial charge is 0.296 e. The molecule has 1 amide bonds. The largest absolute Gasteiger partial charge is 0.318 e. The molecule has 1 N–H and O–H groups in total. The zero-order chi connectivity index (χ0) is 10.4. The molecule has 3 radical (unpaired) electrons. The summed E-state index contributed by atoms with van der Waals surface area (Å²) < 4.78 is 0. The Hall–Kier alpha value is 0.770. The van der Waals surface area contributed by atoms with Crippen molar-refractivity contribution in [3.05, 3.63) is 34.5 Å². The molecule has 0 spiro atoms. The summed E-state index contributed by atoms with van der Waals surface area (Å²) in [5.41, 5.74) is 1.54. The first-order chi connectivity index (χ1) is 7.25. The first-order valence-electron chi connectivity index (χ1n) is 4.50. The number of nitrogens with one attached hydrogen (secondary N) is 1. The van der Waals surface area contributed by atoms with Gasteiger partial charge in [-0.2, -0.15) is 0 Å². The standard InChI is InChI=1S/C11H6N2O2.3Na/c14-9-5-6-1-2-8-7(3-4-12-8)10(6)13-11(9)15;;;/h1-5H,(H,13,15);;;. The predicted octanol–water partition coefficient (Wildman–Crippen LogP) is -1.55. The third kappa shape index (κ3) is 3.26. The first kappa shape index (κ1) is 18.8. The van der Waals surface area contributed by atoms with E-state index < -0.39 is 11.7 Å². The Morgan fingerprint density at radius 1 is 1.06 bits per heavy atom. The van der Waals surface area contributed by atoms with Crippen LogP contribution < -0.4 is 15.9 Å². The molecule has 3 rings (SSSR count). The Kier molecular flexibility index (Phi) is 7.85. The van der Waals surface area contributed by atoms with Crippen molar-refractivity contribution in [1.29, 1.82) is 0 Å². The van der Waals surface area contributed by atoms with Crippen LogP contribution in [-0.2, 0) is 9.59 Å². The average molecular weight is 267 g/mol. The predicted molar refractivity (Wildman–Crippen MR) is 71.6 cm³/mol. The molecule has 75 valence electrons. The van der Waals surface area contributed by atoms with Gasteiger partial charge in [0.05, 0.1) is 11.0 Å². The Balaban J connectivity index is 0.000000963. The van der Waals surface area contributed by atoms with E-state index in [0.717, 1.165) is 16.1 Å². The average Bonchev–Trinajstić information content (AvgIpc) is 2.68. The molecule has 0 bridgehead atoms. The number of anilines is 1. The molecule has 0 unspecified atom stereocenters. The van der Waals surface area contributed by atoms with Crippen molar-refractivity contribution in [2.75, 3.05) is 5.32 Å². The number of hydrogen-bond acceptors (Lipinski definition) is 3. The number of hydrogen-bond donors (Lipinski definition) is 1. The summed E-state index contributed by atoms with van der Waals surface area (Å²) in [6.45, 7) is 0. The van der Waals surface area contributed by atoms with E-state index in [2.05, 4.69) is 10.3 Å². The Morgan fingerprint density at radius 3 is 2.50 bits per heavy atom. The van der Waals surface area contributed by atoms with Gasteiger partial charge in [-0.05, 0) is 12.1 Å². The topological polar surface area (TPSA) is 58.5 Å². The maximum absolute atomic E-state index is 11.2. The van der Waals surface area contributed by atoms with Gasteiger partial charge in [-0.1, -0.05) is 6.07 Å². The monoisotopic (exact) mass is 267 g/mol. The summed E-state index contributed by atoms with van der Waals surface area (Å²) >= 11 is 0. The number of carbonyl (C=O) groups excluding carboxylic acids is 2. The molecule has 0 saturated heterocycles. The molecule has 0 aromatic heterocycles. The molecule has 1 aromatic carbocycles. The maximum atomic E-state index is 11.2. The van der Waals surface area contributed by atoms with E-state index in [-0.39, 0.29) is 88.7 Å². The quantitative estimate of drug-likeness (QED) is 0.457. The van der Waals surface area contributed by atoms with Gasteiger partial charge in [-0.3, -0.25) is 14.6 Å². The van der Waals surface area contributed by atoms with Gasteiger partial charge in [-0.15, -0.1) is 0 Å². The Labute approximate surface area is 170 Å². The van der Waals surface area contributed by atoms with Crippen molar-refractivity contribution in [2.24, 2.45) is 4.99 Å². The van der Waals surface area contributed by atoms with Crippen LogP contribution in [0.4, 0.5) is 5.69 Å². The van der Waals surface area contributed by atoms with Gasteiger partial charge in [-0.25, -0.2) is 0 Å². The van der Waals surface area contributed by atoms with Gasteiger partial charge < -0.3 is 5.32 Å². The summed E-state index contributed by atoms with van der Waals surface area (Å²) in [7, 11) is 0. The van der Waals surface area contributed by atoms with E-state index in [1.807, 2.05) is 12.1 Å². The molecule has 18 heavy (non-hydrogen) atoms. The van der Waals surface area contributed by atoms with Gasteiger partial charge in [0, 0.05) is 112 Å². The summed E-state index contributed by atoms with van der Waals surface area (Å²) in [6, 6.07) is 3.61. The maximum Gasteiger partial charge on any atom is 0.296 e. The van der Waals surface area contributed by atoms with Gasteiger partial charge in [0.15, 0.2) is 0 Å². The number of Topliss-reactive ketones (excluding diaryl/α,β-unsaturated/α-hetero) is 1. The van der Waals surface area contributed by atoms with E-state index in [1.165, 1.54) is 6.08 Å². The molecule has 0 fully saturated rings. The van der Waals surface area contributed by atoms with Gasteiger partial charge >= 0.3 is 0 Å². The van der Waals surface area contributed by atoms with Gasteiger partial charge in [0.25, 0.3) is 5.91 Å². The second kappa shape index (κ2) is 7.53. The molecule has 0 atom stereocenters. The number of nitrogens with zero attached hydrogens (tertiary/aromatic N) is 1. The first-order valence-corrected chi connectivity index (χ1v) is 4.50. The normalized spacial score (nSPS) is 13.6. The number of fused-ring (bicyclic) bond motifs is 3. The number of amides is 1. The van der Waals surface area contributed by atoms with E-state index in [9.17, 15) is 9.59 Å². The Bertz CT molecular complexity index is 653. The molecule has 7 heteroatoms. The van der Waals surface area contributed by atoms with Crippen LogP contribution in [0.5, 0.6) is 0 Å². The van der Waals surface area contributed by atoms with E-state index >= 15 is 0 Å². The van der Waals surface area contributed by atoms with Crippen LogP contribution >= 0.6 is 0 Å². The van der Waals surface area contributed by atoms with Crippen LogP contribution in [0.25, 0.3) is 12.2 Å². The summed E-state index contributed by atoms with van der Waals surface area (Å²) in [4.78, 5) is 26.5. The van der Waals surface area contributed by atoms with E-state index in [4.69, 9.17) is 0 Å². The number of carbonyl (C=O) groups is 2. The third-order valence-electron chi connectivity index (χ3n) is 2.46. The minimum absolute atomic E-state index is 0. The molecular formula is C11H6N2Na3O2. The zero-order valence-electron chi connectivity index (χ0n) is 10.7. The molecule has 1 aromatic rings. The minimum Gasteiger partial charge on any atom is -0.318 e. The molecule has 2 heterocycles. The van der Waals surface area contributed by atoms with Crippen LogP contribution in [0.2, 0.25) is 0 Å². The second-order valence-corrected chi connectivity index (χ2v) is 3.37. The van der Waals surface area contributed by atoms with Crippen molar-refractivity contribution in [2.45, 2.75) is 0 Å². The summed E-state index contributed by atoms with van der Waals surface area (Å²) in [5, 5.41) is 4.13. The molecule has 2 aliphatic heterocycles. The fourth-order valence-electron chi connectivity index (χ4n) is 1.74. The minimum atomic E-state index is -0.587. The van der Waals surface area contributed by atoms with Crippen LogP contribution in [0.15, 0.2) is 23.3 Å². The molecular weight excluding hydrogens is 261 g/mol. The number of ketones is 1. The van der Waals surface area contributed by atoms with Crippen molar-refractivity contribution in [1.82, 2.24) is 0 Å². The molecule has 0 saturated carbocycles. The fraction of sp³-hybridized carbons (Fsp3) is 0. The van der Waals surface area contributed by atoms with E-state index in [1.54, 1.807) is 12.3 Å². The van der Waals surface area contributed by atoms with Crippen LogP contribution in [-0.4, -0.2) is 100 Å². The van der Waals surface area contributed by atoms with Crippen molar-refractivity contribution < 1.29 is 9.59 Å². The molecule has 2 aliphatic rings. The summed E-state index contributed by atoms with van der Waals surface area (Å²) in [5.74, 6) is -1.10. The number of benzene rings is 1. The number of rotatable bonds is 0. The SMILES string of the molecule is O=C1C=c2ccc3c(c2NC1=O)C=CN=3.[Na].[Na].[Na]. The van der Waals surface area contributed by atoms with Crippen LogP contribution in [0.1, 0.15) is 5.56 Å². The van der Waals surface area contributed by atoms with Gasteiger partial charge in [0.1, 0.15) is 0 Å². The van der Waals surface area contributed by atoms with Crippen molar-refractivity contribution >= 4 is 118 Å². The Morgan fingerprint density at radius 2 is 1.78 bits per heavy atom. The van der Waals surface area contributed by atoms with Crippen LogP contribution in [0, 0.1) is 0 Å². The molecule has 0 aliphatic carbocycles. The molecule has 4 nitrogen and oxygen atoms in total. The zero-order valence-corrected chi connectivity index (χ0v) is 16.7. The third-order valence-corrected chi connectivity index (χ3v) is 2.46. The fourth-order valence-corrected chi connectivity index (χ4v) is 1.74.